The molecule has 1 fully saturated rings. The van der Waals surface area contributed by atoms with Crippen molar-refractivity contribution in [2.75, 3.05) is 0 Å². The Hall–Kier alpha value is -1.36. The van der Waals surface area contributed by atoms with Crippen LogP contribution in [-0.4, -0.2) is 16.4 Å². The highest BCUT2D eigenvalue weighted by molar-refractivity contribution is 7.80. The maximum Gasteiger partial charge on any atom is 0.287 e. The van der Waals surface area contributed by atoms with Gasteiger partial charge < -0.3 is 15.5 Å². The number of hydrogen-bond acceptors (Lipinski definition) is 3. The van der Waals surface area contributed by atoms with Crippen molar-refractivity contribution in [1.29, 1.82) is 0 Å². The lowest BCUT2D eigenvalue weighted by Crippen LogP contribution is -2.57. The first-order valence-electron chi connectivity index (χ1n) is 6.22. The first-order chi connectivity index (χ1) is 8.53. The zero-order valence-electron chi connectivity index (χ0n) is 10.5. The molecule has 1 aliphatic carbocycles. The monoisotopic (exact) mass is 266 g/mol. The Labute approximate surface area is 112 Å². The second kappa shape index (κ2) is 5.10. The molecule has 18 heavy (non-hydrogen) atoms. The number of rotatable bonds is 3. The van der Waals surface area contributed by atoms with Crippen molar-refractivity contribution in [2.45, 2.75) is 44.6 Å². The molecule has 0 spiro atoms. The topological polar surface area (TPSA) is 68.3 Å². The van der Waals surface area contributed by atoms with Crippen LogP contribution in [0.25, 0.3) is 0 Å². The molecule has 4 nitrogen and oxygen atoms in total. The minimum absolute atomic E-state index is 0.238. The van der Waals surface area contributed by atoms with Crippen LogP contribution >= 0.6 is 12.2 Å². The molecule has 1 amide bonds. The normalized spacial score (nSPS) is 18.3. The molecule has 1 aromatic heterocycles. The summed E-state index contributed by atoms with van der Waals surface area (Å²) in [5.41, 5.74) is 5.28. The molecule has 0 radical (unpaired) electrons. The lowest BCUT2D eigenvalue weighted by molar-refractivity contribution is 0.0878. The molecule has 1 heterocycles. The molecule has 0 aromatic carbocycles. The van der Waals surface area contributed by atoms with Gasteiger partial charge in [0.05, 0.1) is 10.5 Å². The highest BCUT2D eigenvalue weighted by atomic mass is 32.1. The molecule has 0 unspecified atom stereocenters. The number of carbonyl (C=O) groups is 1. The summed E-state index contributed by atoms with van der Waals surface area (Å²) in [7, 11) is 0. The van der Waals surface area contributed by atoms with E-state index < -0.39 is 5.54 Å². The lowest BCUT2D eigenvalue weighted by atomic mass is 9.81. The Balaban J connectivity index is 2.14. The van der Waals surface area contributed by atoms with Crippen LogP contribution in [0.3, 0.4) is 0 Å². The summed E-state index contributed by atoms with van der Waals surface area (Å²) in [6.45, 7) is 1.81. The summed E-state index contributed by atoms with van der Waals surface area (Å²) >= 11 is 5.13. The number of amides is 1. The molecule has 5 heteroatoms. The Morgan fingerprint density at radius 3 is 2.56 bits per heavy atom. The third-order valence-corrected chi connectivity index (χ3v) is 3.89. The zero-order valence-corrected chi connectivity index (χ0v) is 11.3. The maximum atomic E-state index is 12.1. The number of hydrogen-bond donors (Lipinski definition) is 2. The van der Waals surface area contributed by atoms with E-state index in [1.54, 1.807) is 19.1 Å². The van der Waals surface area contributed by atoms with Crippen molar-refractivity contribution < 1.29 is 9.21 Å². The molecule has 0 saturated heterocycles. The van der Waals surface area contributed by atoms with Crippen LogP contribution < -0.4 is 11.1 Å². The van der Waals surface area contributed by atoms with E-state index >= 15 is 0 Å². The van der Waals surface area contributed by atoms with E-state index in [-0.39, 0.29) is 5.91 Å². The minimum atomic E-state index is -0.536. The lowest BCUT2D eigenvalue weighted by Gasteiger charge is -2.36. The summed E-state index contributed by atoms with van der Waals surface area (Å²) in [4.78, 5) is 12.5. The van der Waals surface area contributed by atoms with Crippen LogP contribution in [-0.2, 0) is 0 Å². The summed E-state index contributed by atoms with van der Waals surface area (Å²) < 4.78 is 5.32. The van der Waals surface area contributed by atoms with Crippen molar-refractivity contribution in [2.24, 2.45) is 5.73 Å². The molecule has 2 rings (SSSR count). The summed E-state index contributed by atoms with van der Waals surface area (Å²) in [5, 5.41) is 2.96. The van der Waals surface area contributed by atoms with Gasteiger partial charge in [0, 0.05) is 0 Å². The van der Waals surface area contributed by atoms with Gasteiger partial charge >= 0.3 is 0 Å². The molecule has 3 N–H and O–H groups in total. The van der Waals surface area contributed by atoms with Gasteiger partial charge in [0.2, 0.25) is 0 Å². The van der Waals surface area contributed by atoms with Crippen LogP contribution in [0, 0.1) is 6.92 Å². The van der Waals surface area contributed by atoms with E-state index in [0.717, 1.165) is 25.7 Å². The molecule has 1 aliphatic rings. The third-order valence-electron chi connectivity index (χ3n) is 3.50. The van der Waals surface area contributed by atoms with Crippen molar-refractivity contribution in [3.8, 4) is 0 Å². The van der Waals surface area contributed by atoms with Gasteiger partial charge in [-0.15, -0.1) is 0 Å². The molecular formula is C13H18N2O2S. The minimum Gasteiger partial charge on any atom is -0.456 e. The molecule has 0 atom stereocenters. The highest BCUT2D eigenvalue weighted by Crippen LogP contribution is 2.29. The average Bonchev–Trinajstić information content (AvgIpc) is 2.77. The van der Waals surface area contributed by atoms with E-state index in [9.17, 15) is 4.79 Å². The number of thiocarbonyl (C=S) groups is 1. The van der Waals surface area contributed by atoms with Gasteiger partial charge in [-0.05, 0) is 31.9 Å². The highest BCUT2D eigenvalue weighted by Gasteiger charge is 2.37. The van der Waals surface area contributed by atoms with Gasteiger partial charge in [-0.2, -0.15) is 0 Å². The van der Waals surface area contributed by atoms with E-state index in [4.69, 9.17) is 22.4 Å². The van der Waals surface area contributed by atoms with Crippen molar-refractivity contribution in [3.05, 3.63) is 23.7 Å². The van der Waals surface area contributed by atoms with Gasteiger partial charge in [-0.1, -0.05) is 31.5 Å². The number of furan rings is 1. The fourth-order valence-electron chi connectivity index (χ4n) is 2.42. The van der Waals surface area contributed by atoms with Crippen molar-refractivity contribution in [3.63, 3.8) is 0 Å². The number of nitrogens with two attached hydrogens (primary N) is 1. The number of carbonyl (C=O) groups excluding carboxylic acids is 1. The third kappa shape index (κ3) is 2.56. The van der Waals surface area contributed by atoms with Gasteiger partial charge in [0.25, 0.3) is 5.91 Å². The van der Waals surface area contributed by atoms with Crippen molar-refractivity contribution >= 4 is 23.1 Å². The predicted octanol–water partition coefficient (Wildman–Crippen LogP) is 2.31. The van der Waals surface area contributed by atoms with Crippen molar-refractivity contribution in [1.82, 2.24) is 5.32 Å². The fourth-order valence-corrected chi connectivity index (χ4v) is 2.68. The molecule has 0 aliphatic heterocycles. The standard InChI is InChI=1S/C13H18N2O2S/c1-9-5-6-10(17-9)11(16)15-13(12(14)18)7-3-2-4-8-13/h5-6H,2-4,7-8H2,1H3,(H2,14,18)(H,15,16). The smallest absolute Gasteiger partial charge is 0.287 e. The van der Waals surface area contributed by atoms with E-state index in [1.165, 1.54) is 6.42 Å². The first kappa shape index (κ1) is 13.1. The summed E-state index contributed by atoms with van der Waals surface area (Å²) in [6, 6.07) is 3.43. The van der Waals surface area contributed by atoms with E-state index in [1.807, 2.05) is 0 Å². The van der Waals surface area contributed by atoms with Gasteiger partial charge in [0.1, 0.15) is 5.76 Å². The largest absolute Gasteiger partial charge is 0.456 e. The van der Waals surface area contributed by atoms with Crippen LogP contribution in [0.15, 0.2) is 16.5 Å². The van der Waals surface area contributed by atoms with E-state index in [0.29, 0.717) is 16.5 Å². The molecule has 0 bridgehead atoms. The zero-order chi connectivity index (χ0) is 13.2. The van der Waals surface area contributed by atoms with Gasteiger partial charge in [0.15, 0.2) is 5.76 Å². The Morgan fingerprint density at radius 1 is 1.39 bits per heavy atom. The number of aryl methyl sites for hydroxylation is 1. The molecule has 98 valence electrons. The van der Waals surface area contributed by atoms with Crippen LogP contribution in [0.1, 0.15) is 48.4 Å². The quantitative estimate of drug-likeness (QED) is 0.824. The van der Waals surface area contributed by atoms with Gasteiger partial charge in [-0.3, -0.25) is 4.79 Å². The first-order valence-corrected chi connectivity index (χ1v) is 6.63. The second-order valence-electron chi connectivity index (χ2n) is 4.87. The summed E-state index contributed by atoms with van der Waals surface area (Å²) in [6.07, 6.45) is 4.87. The second-order valence-corrected chi connectivity index (χ2v) is 5.31. The molecule has 1 aromatic rings. The van der Waals surface area contributed by atoms with E-state index in [2.05, 4.69) is 5.32 Å². The Morgan fingerprint density at radius 2 is 2.06 bits per heavy atom. The fraction of sp³-hybridized carbons (Fsp3) is 0.538. The maximum absolute atomic E-state index is 12.1. The molecule has 1 saturated carbocycles. The SMILES string of the molecule is Cc1ccc(C(=O)NC2(C(N)=S)CCCCC2)o1. The summed E-state index contributed by atoms with van der Waals surface area (Å²) in [5.74, 6) is 0.791. The van der Waals surface area contributed by atoms with Crippen LogP contribution in [0.4, 0.5) is 0 Å². The molecular weight excluding hydrogens is 248 g/mol. The Kier molecular flexibility index (Phi) is 3.71. The average molecular weight is 266 g/mol. The predicted molar refractivity (Wildman–Crippen MR) is 73.5 cm³/mol. The van der Waals surface area contributed by atoms with Crippen LogP contribution in [0.2, 0.25) is 0 Å². The van der Waals surface area contributed by atoms with Gasteiger partial charge in [-0.25, -0.2) is 0 Å². The van der Waals surface area contributed by atoms with Crippen LogP contribution in [0.5, 0.6) is 0 Å². The number of nitrogens with one attached hydrogen (secondary N) is 1. The Bertz CT molecular complexity index is 461.